The van der Waals surface area contributed by atoms with Gasteiger partial charge in [0.1, 0.15) is 11.6 Å². The molecular formula is C24H38N2O6S. The number of esters is 1. The Hall–Kier alpha value is -2.39. The predicted octanol–water partition coefficient (Wildman–Crippen LogP) is 2.82. The fourth-order valence-corrected chi connectivity index (χ4v) is 3.36. The van der Waals surface area contributed by atoms with Crippen molar-refractivity contribution in [1.29, 1.82) is 0 Å². The van der Waals surface area contributed by atoms with Crippen molar-refractivity contribution in [2.75, 3.05) is 6.61 Å². The Bertz CT molecular complexity index is 790. The minimum Gasteiger partial charge on any atom is -0.464 e. The molecule has 3 N–H and O–H groups in total. The van der Waals surface area contributed by atoms with Crippen LogP contribution in [0.4, 0.5) is 0 Å². The molecule has 9 heteroatoms. The van der Waals surface area contributed by atoms with Crippen molar-refractivity contribution in [3.63, 3.8) is 0 Å². The lowest BCUT2D eigenvalue weighted by Crippen LogP contribution is -2.59. The Morgan fingerprint density at radius 3 is 2.00 bits per heavy atom. The zero-order valence-electron chi connectivity index (χ0n) is 20.9. The van der Waals surface area contributed by atoms with E-state index in [1.54, 1.807) is 6.92 Å². The number of ether oxygens (including phenoxy) is 1. The van der Waals surface area contributed by atoms with E-state index in [0.29, 0.717) is 0 Å². The molecule has 0 bridgehead atoms. The summed E-state index contributed by atoms with van der Waals surface area (Å²) in [6, 6.07) is 8.70. The highest BCUT2D eigenvalue weighted by atomic mass is 32.2. The van der Waals surface area contributed by atoms with Gasteiger partial charge in [0.25, 0.3) is 0 Å². The van der Waals surface area contributed by atoms with Gasteiger partial charge in [-0.15, -0.1) is 0 Å². The SMILES string of the molecule is CCOC(=O)[C@H](C)NC(=O)C(C)(C)NC(=O)C(SC(C)=O)C(C)(C)C.OCc1ccccc1. The van der Waals surface area contributed by atoms with Gasteiger partial charge in [0.05, 0.1) is 18.5 Å². The molecule has 0 heterocycles. The Labute approximate surface area is 201 Å². The number of carbonyl (C=O) groups is 4. The molecule has 0 aliphatic rings. The number of hydrogen-bond acceptors (Lipinski definition) is 7. The lowest BCUT2D eigenvalue weighted by Gasteiger charge is -2.33. The van der Waals surface area contributed by atoms with Crippen molar-refractivity contribution >= 4 is 34.7 Å². The van der Waals surface area contributed by atoms with Crippen molar-refractivity contribution in [3.8, 4) is 0 Å². The minimum absolute atomic E-state index is 0.140. The standard InChI is InChI=1S/C17H30N2O5S.C7H8O/c1-9-24-14(22)10(2)18-15(23)17(7,8)19-13(21)12(16(4,5)6)25-11(3)20;8-6-7-4-2-1-3-5-7/h10,12H,9H2,1-8H3,(H,18,23)(H,19,21);1-5,8H,6H2/t10-,12?;/m0./s1. The zero-order valence-corrected chi connectivity index (χ0v) is 21.7. The first-order chi connectivity index (χ1) is 15.2. The summed E-state index contributed by atoms with van der Waals surface area (Å²) in [5, 5.41) is 12.9. The number of nitrogens with one attached hydrogen (secondary N) is 2. The Morgan fingerprint density at radius 2 is 1.61 bits per heavy atom. The van der Waals surface area contributed by atoms with E-state index in [-0.39, 0.29) is 18.3 Å². The first kappa shape index (κ1) is 30.6. The van der Waals surface area contributed by atoms with Crippen LogP contribution < -0.4 is 10.6 Å². The third kappa shape index (κ3) is 11.9. The smallest absolute Gasteiger partial charge is 0.328 e. The van der Waals surface area contributed by atoms with Crippen LogP contribution in [0.25, 0.3) is 0 Å². The van der Waals surface area contributed by atoms with E-state index in [0.717, 1.165) is 17.3 Å². The van der Waals surface area contributed by atoms with Crippen LogP contribution in [0.3, 0.4) is 0 Å². The van der Waals surface area contributed by atoms with Crippen LogP contribution in [-0.4, -0.2) is 51.4 Å². The molecule has 186 valence electrons. The molecule has 2 atom stereocenters. The number of rotatable bonds is 8. The second-order valence-electron chi connectivity index (χ2n) is 9.06. The summed E-state index contributed by atoms with van der Waals surface area (Å²) in [4.78, 5) is 48.1. The number of hydrogen-bond donors (Lipinski definition) is 3. The topological polar surface area (TPSA) is 122 Å². The molecule has 1 aromatic rings. The van der Waals surface area contributed by atoms with E-state index < -0.39 is 40.0 Å². The van der Waals surface area contributed by atoms with Crippen LogP contribution >= 0.6 is 11.8 Å². The van der Waals surface area contributed by atoms with Gasteiger partial charge >= 0.3 is 5.97 Å². The number of thioether (sulfide) groups is 1. The van der Waals surface area contributed by atoms with Gasteiger partial charge in [-0.05, 0) is 38.7 Å². The van der Waals surface area contributed by atoms with Crippen molar-refractivity contribution in [2.45, 2.75) is 78.8 Å². The van der Waals surface area contributed by atoms with Gasteiger partial charge in [0.15, 0.2) is 5.12 Å². The summed E-state index contributed by atoms with van der Waals surface area (Å²) in [5.74, 6) is -1.46. The van der Waals surface area contributed by atoms with Crippen LogP contribution in [0.2, 0.25) is 0 Å². The molecule has 1 rings (SSSR count). The number of benzene rings is 1. The molecule has 1 unspecified atom stereocenters. The Kier molecular flexibility index (Phi) is 13.0. The summed E-state index contributed by atoms with van der Waals surface area (Å²) < 4.78 is 4.84. The molecule has 33 heavy (non-hydrogen) atoms. The van der Waals surface area contributed by atoms with E-state index in [4.69, 9.17) is 9.84 Å². The van der Waals surface area contributed by atoms with E-state index in [1.165, 1.54) is 27.7 Å². The Balaban J connectivity index is 0.00000106. The highest BCUT2D eigenvalue weighted by Crippen LogP contribution is 2.31. The van der Waals surface area contributed by atoms with Crippen molar-refractivity contribution < 1.29 is 29.0 Å². The summed E-state index contributed by atoms with van der Waals surface area (Å²) in [6.07, 6.45) is 0. The first-order valence-electron chi connectivity index (χ1n) is 10.8. The van der Waals surface area contributed by atoms with E-state index in [1.807, 2.05) is 51.1 Å². The monoisotopic (exact) mass is 482 g/mol. The fraction of sp³-hybridized carbons (Fsp3) is 0.583. The first-order valence-corrected chi connectivity index (χ1v) is 11.6. The zero-order chi connectivity index (χ0) is 25.8. The molecule has 8 nitrogen and oxygen atoms in total. The van der Waals surface area contributed by atoms with Crippen molar-refractivity contribution in [1.82, 2.24) is 10.6 Å². The number of carbonyl (C=O) groups excluding carboxylic acids is 4. The highest BCUT2D eigenvalue weighted by Gasteiger charge is 2.38. The quantitative estimate of drug-likeness (QED) is 0.487. The van der Waals surface area contributed by atoms with Crippen LogP contribution in [0.5, 0.6) is 0 Å². The Morgan fingerprint density at radius 1 is 1.06 bits per heavy atom. The normalized spacial score (nSPS) is 13.0. The molecule has 0 saturated carbocycles. The molecule has 0 spiro atoms. The van der Waals surface area contributed by atoms with Crippen LogP contribution in [0, 0.1) is 5.41 Å². The van der Waals surface area contributed by atoms with Gasteiger partial charge in [0.2, 0.25) is 11.8 Å². The minimum atomic E-state index is -1.25. The van der Waals surface area contributed by atoms with Crippen LogP contribution in [0.15, 0.2) is 30.3 Å². The maximum Gasteiger partial charge on any atom is 0.328 e. The average Bonchev–Trinajstić information content (AvgIpc) is 2.71. The summed E-state index contributed by atoms with van der Waals surface area (Å²) >= 11 is 0.936. The van der Waals surface area contributed by atoms with E-state index in [2.05, 4.69) is 10.6 Å². The molecule has 2 amide bonds. The molecule has 0 aromatic heterocycles. The fourth-order valence-electron chi connectivity index (χ4n) is 2.51. The molecule has 0 saturated heterocycles. The van der Waals surface area contributed by atoms with Crippen molar-refractivity contribution in [2.24, 2.45) is 5.41 Å². The largest absolute Gasteiger partial charge is 0.464 e. The highest BCUT2D eigenvalue weighted by molar-refractivity contribution is 8.14. The second kappa shape index (κ2) is 14.0. The molecule has 0 aliphatic carbocycles. The lowest BCUT2D eigenvalue weighted by atomic mass is 9.90. The second-order valence-corrected chi connectivity index (χ2v) is 10.3. The van der Waals surface area contributed by atoms with Gasteiger partial charge in [-0.2, -0.15) is 0 Å². The van der Waals surface area contributed by atoms with Gasteiger partial charge < -0.3 is 20.5 Å². The van der Waals surface area contributed by atoms with Gasteiger partial charge in [-0.1, -0.05) is 62.9 Å². The van der Waals surface area contributed by atoms with Crippen LogP contribution in [-0.2, 0) is 30.5 Å². The third-order valence-corrected chi connectivity index (χ3v) is 5.81. The van der Waals surface area contributed by atoms with E-state index in [9.17, 15) is 19.2 Å². The lowest BCUT2D eigenvalue weighted by molar-refractivity contribution is -0.147. The van der Waals surface area contributed by atoms with Gasteiger partial charge in [-0.25, -0.2) is 4.79 Å². The van der Waals surface area contributed by atoms with Crippen LogP contribution in [0.1, 0.15) is 61.0 Å². The maximum atomic E-state index is 12.6. The van der Waals surface area contributed by atoms with Gasteiger partial charge in [-0.3, -0.25) is 14.4 Å². The predicted molar refractivity (Wildman–Crippen MR) is 130 cm³/mol. The number of amides is 2. The molecule has 0 radical (unpaired) electrons. The number of aliphatic hydroxyl groups is 1. The summed E-state index contributed by atoms with van der Waals surface area (Å²) in [5.41, 5.74) is -0.753. The average molecular weight is 483 g/mol. The molecule has 0 fully saturated rings. The number of aliphatic hydroxyl groups excluding tert-OH is 1. The third-order valence-electron chi connectivity index (χ3n) is 4.33. The van der Waals surface area contributed by atoms with E-state index >= 15 is 0 Å². The summed E-state index contributed by atoms with van der Waals surface area (Å²) in [7, 11) is 0. The molecular weight excluding hydrogens is 444 g/mol. The van der Waals surface area contributed by atoms with Crippen molar-refractivity contribution in [3.05, 3.63) is 35.9 Å². The maximum absolute atomic E-state index is 12.6. The van der Waals surface area contributed by atoms with Gasteiger partial charge in [0, 0.05) is 6.92 Å². The molecule has 0 aliphatic heterocycles. The summed E-state index contributed by atoms with van der Waals surface area (Å²) in [6.45, 7) is 13.6. The molecule has 1 aromatic carbocycles.